The zero-order chi connectivity index (χ0) is 13.5. The second-order valence-electron chi connectivity index (χ2n) is 9.00. The van der Waals surface area contributed by atoms with Crippen LogP contribution in [0.5, 0.6) is 0 Å². The standard InChI is InChI=1S/3C5H12/c3*1-5(2,3)4/h3*1-4H3. The van der Waals surface area contributed by atoms with Gasteiger partial charge in [-0.15, -0.1) is 0 Å². The fourth-order valence-corrected chi connectivity index (χ4v) is 0. The predicted octanol–water partition coefficient (Wildman–Crippen LogP) is 6.16. The summed E-state index contributed by atoms with van der Waals surface area (Å²) in [6.45, 7) is 26.2. The Kier molecular flexibility index (Phi) is 9.94. The molecule has 0 rings (SSSR count). The summed E-state index contributed by atoms with van der Waals surface area (Å²) in [6, 6.07) is 0. The zero-order valence-corrected chi connectivity index (χ0v) is 13.5. The van der Waals surface area contributed by atoms with E-state index in [0.717, 1.165) is 0 Å². The molecule has 0 saturated heterocycles. The lowest BCUT2D eigenvalue weighted by Crippen LogP contribution is -1.93. The minimum atomic E-state index is 0.500. The Morgan fingerprint density at radius 3 is 0.267 bits per heavy atom. The molecule has 0 heterocycles. The fraction of sp³-hybridized carbons (Fsp3) is 1.00. The van der Waals surface area contributed by atoms with Gasteiger partial charge in [-0.2, -0.15) is 0 Å². The van der Waals surface area contributed by atoms with Crippen LogP contribution in [-0.2, 0) is 0 Å². The Hall–Kier alpha value is 0. The average Bonchev–Trinajstić information content (AvgIpc) is 1.41. The zero-order valence-electron chi connectivity index (χ0n) is 13.5. The average molecular weight is 216 g/mol. The Bertz CT molecular complexity index is 75.1. The summed E-state index contributed by atoms with van der Waals surface area (Å²) >= 11 is 0. The molecule has 0 radical (unpaired) electrons. The maximum atomic E-state index is 2.19. The number of hydrogen-bond donors (Lipinski definition) is 0. The third-order valence-electron chi connectivity index (χ3n) is 0. The highest BCUT2D eigenvalue weighted by atomic mass is 14.0. The second-order valence-corrected chi connectivity index (χ2v) is 9.00. The molecule has 0 unspecified atom stereocenters. The first-order chi connectivity index (χ1) is 6.00. The highest BCUT2D eigenvalue weighted by molar-refractivity contribution is 4.48. The minimum Gasteiger partial charge on any atom is -0.0604 e. The summed E-state index contributed by atoms with van der Waals surface area (Å²) in [4.78, 5) is 0. The van der Waals surface area contributed by atoms with Gasteiger partial charge in [-0.3, -0.25) is 0 Å². The normalized spacial score (nSPS) is 12.0. The highest BCUT2D eigenvalue weighted by Crippen LogP contribution is 2.08. The van der Waals surface area contributed by atoms with Gasteiger partial charge in [0.2, 0.25) is 0 Å². The Balaban J connectivity index is -0.000000144. The van der Waals surface area contributed by atoms with E-state index in [1.165, 1.54) is 0 Å². The van der Waals surface area contributed by atoms with E-state index in [1.807, 2.05) is 0 Å². The van der Waals surface area contributed by atoms with E-state index < -0.39 is 0 Å². The first-order valence-corrected chi connectivity index (χ1v) is 6.00. The molecule has 0 aliphatic rings. The van der Waals surface area contributed by atoms with Crippen LogP contribution in [0.25, 0.3) is 0 Å². The van der Waals surface area contributed by atoms with Gasteiger partial charge in [0.25, 0.3) is 0 Å². The molecule has 0 saturated carbocycles. The van der Waals surface area contributed by atoms with Gasteiger partial charge in [0.05, 0.1) is 0 Å². The topological polar surface area (TPSA) is 0 Å². The van der Waals surface area contributed by atoms with E-state index in [-0.39, 0.29) is 0 Å². The van der Waals surface area contributed by atoms with Gasteiger partial charge in [-0.25, -0.2) is 0 Å². The summed E-state index contributed by atoms with van der Waals surface area (Å²) in [6.07, 6.45) is 0. The van der Waals surface area contributed by atoms with E-state index in [4.69, 9.17) is 0 Å². The van der Waals surface area contributed by atoms with Crippen LogP contribution in [0.3, 0.4) is 0 Å². The molecule has 0 heteroatoms. The molecule has 0 aromatic rings. The summed E-state index contributed by atoms with van der Waals surface area (Å²) in [5.74, 6) is 0. The SMILES string of the molecule is CC(C)(C)C.CC(C)(C)C.CC(C)(C)C. The van der Waals surface area contributed by atoms with Crippen LogP contribution in [0.2, 0.25) is 0 Å². The van der Waals surface area contributed by atoms with E-state index >= 15 is 0 Å². The molecule has 0 aromatic heterocycles. The molecule has 0 fully saturated rings. The lowest BCUT2D eigenvalue weighted by molar-refractivity contribution is 0.469. The van der Waals surface area contributed by atoms with Crippen LogP contribution in [0, 0.1) is 16.2 Å². The van der Waals surface area contributed by atoms with Crippen LogP contribution in [0.1, 0.15) is 83.1 Å². The first kappa shape index (κ1) is 20.4. The van der Waals surface area contributed by atoms with Gasteiger partial charge >= 0.3 is 0 Å². The van der Waals surface area contributed by atoms with Crippen molar-refractivity contribution in [2.24, 2.45) is 16.2 Å². The van der Waals surface area contributed by atoms with Crippen LogP contribution in [0.15, 0.2) is 0 Å². The molecule has 0 N–H and O–H groups in total. The Morgan fingerprint density at radius 2 is 0.267 bits per heavy atom. The molecule has 0 nitrogen and oxygen atoms in total. The van der Waals surface area contributed by atoms with Gasteiger partial charge < -0.3 is 0 Å². The van der Waals surface area contributed by atoms with Crippen molar-refractivity contribution in [3.8, 4) is 0 Å². The monoisotopic (exact) mass is 216 g/mol. The fourth-order valence-electron chi connectivity index (χ4n) is 0. The van der Waals surface area contributed by atoms with Crippen molar-refractivity contribution in [3.05, 3.63) is 0 Å². The number of rotatable bonds is 0. The number of hydrogen-bond acceptors (Lipinski definition) is 0. The van der Waals surface area contributed by atoms with Gasteiger partial charge in [-0.05, 0) is 16.2 Å². The molecule has 0 atom stereocenters. The Labute approximate surface area is 99.9 Å². The van der Waals surface area contributed by atoms with Crippen molar-refractivity contribution in [2.75, 3.05) is 0 Å². The van der Waals surface area contributed by atoms with Crippen molar-refractivity contribution in [1.29, 1.82) is 0 Å². The molecule has 0 aliphatic heterocycles. The molecular formula is C15H36. The maximum absolute atomic E-state index is 2.19. The minimum absolute atomic E-state index is 0.500. The van der Waals surface area contributed by atoms with Gasteiger partial charge in [0.15, 0.2) is 0 Å². The second kappa shape index (κ2) is 7.30. The maximum Gasteiger partial charge on any atom is -0.0411 e. The van der Waals surface area contributed by atoms with Crippen molar-refractivity contribution in [1.82, 2.24) is 0 Å². The van der Waals surface area contributed by atoms with Crippen molar-refractivity contribution in [2.45, 2.75) is 83.1 Å². The molecule has 0 aromatic carbocycles. The summed E-state index contributed by atoms with van der Waals surface area (Å²) < 4.78 is 0. The van der Waals surface area contributed by atoms with Crippen molar-refractivity contribution >= 4 is 0 Å². The predicted molar refractivity (Wildman–Crippen MR) is 75.4 cm³/mol. The molecule has 0 aliphatic carbocycles. The van der Waals surface area contributed by atoms with Crippen molar-refractivity contribution < 1.29 is 0 Å². The van der Waals surface area contributed by atoms with Crippen LogP contribution in [-0.4, -0.2) is 0 Å². The summed E-state index contributed by atoms with van der Waals surface area (Å²) in [5, 5.41) is 0. The van der Waals surface area contributed by atoms with E-state index in [0.29, 0.717) is 16.2 Å². The van der Waals surface area contributed by atoms with E-state index in [2.05, 4.69) is 83.1 Å². The summed E-state index contributed by atoms with van der Waals surface area (Å²) in [7, 11) is 0. The van der Waals surface area contributed by atoms with E-state index in [1.54, 1.807) is 0 Å². The van der Waals surface area contributed by atoms with Crippen LogP contribution in [0.4, 0.5) is 0 Å². The van der Waals surface area contributed by atoms with Crippen LogP contribution < -0.4 is 0 Å². The molecule has 0 bridgehead atoms. The quantitative estimate of drug-likeness (QED) is 0.455. The smallest absolute Gasteiger partial charge is 0.0411 e. The Morgan fingerprint density at radius 1 is 0.267 bits per heavy atom. The molecule has 0 amide bonds. The third kappa shape index (κ3) is 0. The van der Waals surface area contributed by atoms with Crippen molar-refractivity contribution in [3.63, 3.8) is 0 Å². The molecule has 15 heavy (non-hydrogen) atoms. The molecular weight excluding hydrogens is 180 g/mol. The lowest BCUT2D eigenvalue weighted by Gasteiger charge is -2.05. The van der Waals surface area contributed by atoms with E-state index in [9.17, 15) is 0 Å². The lowest BCUT2D eigenvalue weighted by atomic mass is 10.0. The van der Waals surface area contributed by atoms with Crippen LogP contribution >= 0.6 is 0 Å². The first-order valence-electron chi connectivity index (χ1n) is 6.00. The molecule has 0 spiro atoms. The summed E-state index contributed by atoms with van der Waals surface area (Å²) in [5.41, 5.74) is 1.50. The highest BCUT2D eigenvalue weighted by Gasteiger charge is 1.96. The van der Waals surface area contributed by atoms with Gasteiger partial charge in [0, 0.05) is 0 Å². The molecule has 96 valence electrons. The third-order valence-corrected chi connectivity index (χ3v) is 0. The van der Waals surface area contributed by atoms with Gasteiger partial charge in [-0.1, -0.05) is 83.1 Å². The largest absolute Gasteiger partial charge is 0.0604 e. The van der Waals surface area contributed by atoms with Gasteiger partial charge in [0.1, 0.15) is 0 Å².